The standard InChI is InChI=1S/C21H25N3O2/c1-2-17-8-10-18(11-9-17)21(26)24-14-12-23(13-15-24)20(25)16-22-19-6-4-3-5-7-19/h3-11,22H,2,12-16H2,1H3. The first-order chi connectivity index (χ1) is 12.7. The molecule has 5 nitrogen and oxygen atoms in total. The number of carbonyl (C=O) groups is 2. The number of nitrogens with zero attached hydrogens (tertiary/aromatic N) is 2. The van der Waals surface area contributed by atoms with E-state index in [2.05, 4.69) is 12.2 Å². The molecule has 1 aliphatic heterocycles. The van der Waals surface area contributed by atoms with Gasteiger partial charge in [0.15, 0.2) is 0 Å². The van der Waals surface area contributed by atoms with Crippen molar-refractivity contribution in [3.05, 3.63) is 65.7 Å². The van der Waals surface area contributed by atoms with Crippen LogP contribution in [0.2, 0.25) is 0 Å². The number of anilines is 1. The molecule has 2 amide bonds. The van der Waals surface area contributed by atoms with Gasteiger partial charge in [-0.2, -0.15) is 0 Å². The van der Waals surface area contributed by atoms with Crippen LogP contribution in [0, 0.1) is 0 Å². The van der Waals surface area contributed by atoms with Crippen LogP contribution in [0.5, 0.6) is 0 Å². The molecule has 0 spiro atoms. The van der Waals surface area contributed by atoms with E-state index < -0.39 is 0 Å². The van der Waals surface area contributed by atoms with E-state index in [9.17, 15) is 9.59 Å². The zero-order chi connectivity index (χ0) is 18.4. The fourth-order valence-electron chi connectivity index (χ4n) is 3.07. The van der Waals surface area contributed by atoms with E-state index in [1.165, 1.54) is 5.56 Å². The molecule has 3 rings (SSSR count). The van der Waals surface area contributed by atoms with E-state index in [0.29, 0.717) is 31.7 Å². The Labute approximate surface area is 154 Å². The number of benzene rings is 2. The molecule has 0 atom stereocenters. The number of para-hydroxylation sites is 1. The molecule has 0 aromatic heterocycles. The summed E-state index contributed by atoms with van der Waals surface area (Å²) in [6.07, 6.45) is 0.965. The third kappa shape index (κ3) is 4.42. The van der Waals surface area contributed by atoms with Crippen molar-refractivity contribution in [1.29, 1.82) is 0 Å². The van der Waals surface area contributed by atoms with E-state index in [1.807, 2.05) is 64.4 Å². The second-order valence-corrected chi connectivity index (χ2v) is 6.44. The molecule has 0 bridgehead atoms. The molecule has 1 N–H and O–H groups in total. The second-order valence-electron chi connectivity index (χ2n) is 6.44. The highest BCUT2D eigenvalue weighted by atomic mass is 16.2. The van der Waals surface area contributed by atoms with Gasteiger partial charge in [-0.3, -0.25) is 9.59 Å². The monoisotopic (exact) mass is 351 g/mol. The summed E-state index contributed by atoms with van der Waals surface area (Å²) in [5.74, 6) is 0.107. The number of amides is 2. The normalized spacial score (nSPS) is 14.2. The molecule has 1 fully saturated rings. The molecule has 26 heavy (non-hydrogen) atoms. The van der Waals surface area contributed by atoms with Crippen LogP contribution in [0.3, 0.4) is 0 Å². The fraction of sp³-hybridized carbons (Fsp3) is 0.333. The third-order valence-corrected chi connectivity index (χ3v) is 4.75. The summed E-state index contributed by atoms with van der Waals surface area (Å²) < 4.78 is 0. The molecular formula is C21H25N3O2. The summed E-state index contributed by atoms with van der Waals surface area (Å²) in [5.41, 5.74) is 2.88. The lowest BCUT2D eigenvalue weighted by molar-refractivity contribution is -0.130. The summed E-state index contributed by atoms with van der Waals surface area (Å²) >= 11 is 0. The molecule has 1 heterocycles. The van der Waals surface area contributed by atoms with Gasteiger partial charge in [0, 0.05) is 37.4 Å². The van der Waals surface area contributed by atoms with Crippen LogP contribution in [0.1, 0.15) is 22.8 Å². The minimum atomic E-state index is 0.0437. The van der Waals surface area contributed by atoms with Gasteiger partial charge in [-0.25, -0.2) is 0 Å². The molecule has 0 saturated carbocycles. The summed E-state index contributed by atoms with van der Waals surface area (Å²) in [4.78, 5) is 28.6. The number of piperazine rings is 1. The summed E-state index contributed by atoms with van der Waals surface area (Å²) in [5, 5.41) is 3.14. The number of carbonyl (C=O) groups excluding carboxylic acids is 2. The predicted octanol–water partition coefficient (Wildman–Crippen LogP) is 2.65. The second kappa shape index (κ2) is 8.52. The predicted molar refractivity (Wildman–Crippen MR) is 103 cm³/mol. The first-order valence-corrected chi connectivity index (χ1v) is 9.12. The first kappa shape index (κ1) is 18.0. The van der Waals surface area contributed by atoms with Crippen LogP contribution in [0.4, 0.5) is 5.69 Å². The zero-order valence-corrected chi connectivity index (χ0v) is 15.1. The van der Waals surface area contributed by atoms with E-state index in [1.54, 1.807) is 0 Å². The van der Waals surface area contributed by atoms with E-state index >= 15 is 0 Å². The fourth-order valence-corrected chi connectivity index (χ4v) is 3.07. The van der Waals surface area contributed by atoms with Crippen molar-refractivity contribution in [3.8, 4) is 0 Å². The average molecular weight is 351 g/mol. The van der Waals surface area contributed by atoms with Gasteiger partial charge in [0.05, 0.1) is 6.54 Å². The Bertz CT molecular complexity index is 736. The maximum Gasteiger partial charge on any atom is 0.253 e. The molecule has 2 aromatic rings. The van der Waals surface area contributed by atoms with Gasteiger partial charge in [0.25, 0.3) is 5.91 Å². The van der Waals surface area contributed by atoms with Gasteiger partial charge in [-0.15, -0.1) is 0 Å². The maximum atomic E-state index is 12.6. The molecule has 0 radical (unpaired) electrons. The number of hydrogen-bond donors (Lipinski definition) is 1. The smallest absolute Gasteiger partial charge is 0.253 e. The molecule has 0 aliphatic carbocycles. The van der Waals surface area contributed by atoms with Crippen LogP contribution in [0.15, 0.2) is 54.6 Å². The summed E-state index contributed by atoms with van der Waals surface area (Å²) in [6.45, 7) is 4.68. The van der Waals surface area contributed by atoms with Crippen LogP contribution in [-0.4, -0.2) is 54.3 Å². The quantitative estimate of drug-likeness (QED) is 0.901. The number of aryl methyl sites for hydroxylation is 1. The SMILES string of the molecule is CCc1ccc(C(=O)N2CCN(C(=O)CNc3ccccc3)CC2)cc1. The molecule has 1 aliphatic rings. The van der Waals surface area contributed by atoms with Crippen LogP contribution >= 0.6 is 0 Å². The lowest BCUT2D eigenvalue weighted by Crippen LogP contribution is -2.51. The van der Waals surface area contributed by atoms with Gasteiger partial charge < -0.3 is 15.1 Å². The largest absolute Gasteiger partial charge is 0.376 e. The molecule has 136 valence electrons. The molecular weight excluding hydrogens is 326 g/mol. The minimum absolute atomic E-state index is 0.0437. The van der Waals surface area contributed by atoms with Crippen molar-refractivity contribution in [3.63, 3.8) is 0 Å². The van der Waals surface area contributed by atoms with E-state index in [0.717, 1.165) is 12.1 Å². The average Bonchev–Trinajstić information content (AvgIpc) is 2.72. The Morgan fingerprint density at radius 1 is 0.885 bits per heavy atom. The van der Waals surface area contributed by atoms with Crippen molar-refractivity contribution in [2.45, 2.75) is 13.3 Å². The van der Waals surface area contributed by atoms with Crippen molar-refractivity contribution in [2.24, 2.45) is 0 Å². The van der Waals surface area contributed by atoms with Crippen molar-refractivity contribution < 1.29 is 9.59 Å². The van der Waals surface area contributed by atoms with E-state index in [4.69, 9.17) is 0 Å². The van der Waals surface area contributed by atoms with Crippen LogP contribution in [0.25, 0.3) is 0 Å². The van der Waals surface area contributed by atoms with Crippen LogP contribution < -0.4 is 5.32 Å². The molecule has 2 aromatic carbocycles. The lowest BCUT2D eigenvalue weighted by atomic mass is 10.1. The van der Waals surface area contributed by atoms with Gasteiger partial charge >= 0.3 is 0 Å². The van der Waals surface area contributed by atoms with Crippen LogP contribution in [-0.2, 0) is 11.2 Å². The lowest BCUT2D eigenvalue weighted by Gasteiger charge is -2.35. The molecule has 0 unspecified atom stereocenters. The minimum Gasteiger partial charge on any atom is -0.376 e. The van der Waals surface area contributed by atoms with Crippen molar-refractivity contribution >= 4 is 17.5 Å². The van der Waals surface area contributed by atoms with E-state index in [-0.39, 0.29) is 18.4 Å². The van der Waals surface area contributed by atoms with Gasteiger partial charge in [-0.05, 0) is 36.2 Å². The summed E-state index contributed by atoms with van der Waals surface area (Å²) in [6, 6.07) is 17.5. The Morgan fingerprint density at radius 2 is 1.50 bits per heavy atom. The van der Waals surface area contributed by atoms with Gasteiger partial charge in [-0.1, -0.05) is 37.3 Å². The summed E-state index contributed by atoms with van der Waals surface area (Å²) in [7, 11) is 0. The zero-order valence-electron chi connectivity index (χ0n) is 15.1. The highest BCUT2D eigenvalue weighted by molar-refractivity contribution is 5.94. The first-order valence-electron chi connectivity index (χ1n) is 9.12. The Kier molecular flexibility index (Phi) is 5.89. The number of rotatable bonds is 5. The maximum absolute atomic E-state index is 12.6. The Balaban J connectivity index is 1.48. The van der Waals surface area contributed by atoms with Crippen molar-refractivity contribution in [1.82, 2.24) is 9.80 Å². The highest BCUT2D eigenvalue weighted by Crippen LogP contribution is 2.11. The Hall–Kier alpha value is -2.82. The number of hydrogen-bond acceptors (Lipinski definition) is 3. The van der Waals surface area contributed by atoms with Gasteiger partial charge in [0.2, 0.25) is 5.91 Å². The molecule has 5 heteroatoms. The molecule has 1 saturated heterocycles. The number of nitrogens with one attached hydrogen (secondary N) is 1. The van der Waals surface area contributed by atoms with Crippen molar-refractivity contribution in [2.75, 3.05) is 38.0 Å². The highest BCUT2D eigenvalue weighted by Gasteiger charge is 2.24. The third-order valence-electron chi connectivity index (χ3n) is 4.75. The topological polar surface area (TPSA) is 52.7 Å². The Morgan fingerprint density at radius 3 is 2.12 bits per heavy atom. The van der Waals surface area contributed by atoms with Gasteiger partial charge in [0.1, 0.15) is 0 Å².